The molecule has 3 aliphatic rings. The lowest BCUT2D eigenvalue weighted by Gasteiger charge is -2.41. The summed E-state index contributed by atoms with van der Waals surface area (Å²) in [6.45, 7) is 4.15. The van der Waals surface area contributed by atoms with Crippen LogP contribution in [-0.2, 0) is 4.74 Å². The SMILES string of the molecule is C=C1O[C@H]2CCC[C@@]13CCCC[C@@H]23. The predicted molar refractivity (Wildman–Crippen MR) is 52.3 cm³/mol. The molecule has 0 spiro atoms. The van der Waals surface area contributed by atoms with E-state index >= 15 is 0 Å². The van der Waals surface area contributed by atoms with Gasteiger partial charge in [-0.1, -0.05) is 19.4 Å². The van der Waals surface area contributed by atoms with Crippen LogP contribution in [0.3, 0.4) is 0 Å². The van der Waals surface area contributed by atoms with E-state index in [2.05, 4.69) is 6.58 Å². The van der Waals surface area contributed by atoms with Crippen LogP contribution in [0.25, 0.3) is 0 Å². The summed E-state index contributed by atoms with van der Waals surface area (Å²) in [6.07, 6.45) is 10.1. The largest absolute Gasteiger partial charge is 0.494 e. The van der Waals surface area contributed by atoms with E-state index in [-0.39, 0.29) is 0 Å². The zero-order valence-electron chi connectivity index (χ0n) is 8.22. The zero-order chi connectivity index (χ0) is 8.89. The van der Waals surface area contributed by atoms with Crippen molar-refractivity contribution in [2.75, 3.05) is 0 Å². The molecule has 0 amide bonds. The summed E-state index contributed by atoms with van der Waals surface area (Å²) in [5.41, 5.74) is 0.432. The Morgan fingerprint density at radius 3 is 2.85 bits per heavy atom. The fraction of sp³-hybridized carbons (Fsp3) is 0.833. The Kier molecular flexibility index (Phi) is 1.53. The van der Waals surface area contributed by atoms with Gasteiger partial charge in [0.15, 0.2) is 0 Å². The molecule has 3 fully saturated rings. The zero-order valence-corrected chi connectivity index (χ0v) is 8.22. The first-order chi connectivity index (χ1) is 6.33. The van der Waals surface area contributed by atoms with Gasteiger partial charge in [-0.25, -0.2) is 0 Å². The maximum absolute atomic E-state index is 5.93. The molecule has 1 heterocycles. The van der Waals surface area contributed by atoms with Crippen molar-refractivity contribution in [1.29, 1.82) is 0 Å². The quantitative estimate of drug-likeness (QED) is 0.553. The lowest BCUT2D eigenvalue weighted by molar-refractivity contribution is 0.0674. The Morgan fingerprint density at radius 2 is 2.00 bits per heavy atom. The highest BCUT2D eigenvalue weighted by Crippen LogP contribution is 2.60. The standard InChI is InChI=1S/C12H18O/c1-9-12-7-3-2-5-10(12)11(13-9)6-4-8-12/h10-11H,1-8H2/t10-,11-,12-/m0/s1. The molecule has 0 aromatic carbocycles. The second kappa shape index (κ2) is 2.52. The molecule has 72 valence electrons. The van der Waals surface area contributed by atoms with E-state index in [0.717, 1.165) is 11.7 Å². The van der Waals surface area contributed by atoms with E-state index in [0.29, 0.717) is 11.5 Å². The fourth-order valence-corrected chi connectivity index (χ4v) is 3.87. The molecular formula is C12H18O. The van der Waals surface area contributed by atoms with Gasteiger partial charge in [0.1, 0.15) is 6.10 Å². The lowest BCUT2D eigenvalue weighted by Crippen LogP contribution is -2.37. The van der Waals surface area contributed by atoms with E-state index in [1.54, 1.807) is 0 Å². The van der Waals surface area contributed by atoms with Crippen molar-refractivity contribution in [3.8, 4) is 0 Å². The second-order valence-electron chi connectivity index (χ2n) is 4.98. The van der Waals surface area contributed by atoms with Crippen LogP contribution in [0.4, 0.5) is 0 Å². The van der Waals surface area contributed by atoms with E-state index in [1.165, 1.54) is 44.9 Å². The normalized spacial score (nSPS) is 48.5. The van der Waals surface area contributed by atoms with Gasteiger partial charge in [0, 0.05) is 11.3 Å². The molecule has 1 nitrogen and oxygen atoms in total. The van der Waals surface area contributed by atoms with Gasteiger partial charge in [0.25, 0.3) is 0 Å². The van der Waals surface area contributed by atoms with Crippen molar-refractivity contribution < 1.29 is 4.74 Å². The van der Waals surface area contributed by atoms with E-state index in [9.17, 15) is 0 Å². The number of allylic oxidation sites excluding steroid dienone is 1. The molecule has 13 heavy (non-hydrogen) atoms. The minimum Gasteiger partial charge on any atom is -0.494 e. The molecule has 2 saturated carbocycles. The third kappa shape index (κ3) is 0.880. The van der Waals surface area contributed by atoms with Crippen LogP contribution < -0.4 is 0 Å². The molecule has 3 rings (SSSR count). The van der Waals surface area contributed by atoms with Crippen molar-refractivity contribution in [2.24, 2.45) is 11.3 Å². The van der Waals surface area contributed by atoms with Crippen molar-refractivity contribution in [1.82, 2.24) is 0 Å². The Labute approximate surface area is 80.2 Å². The van der Waals surface area contributed by atoms with Gasteiger partial charge in [0.05, 0.1) is 5.76 Å². The third-order valence-electron chi connectivity index (χ3n) is 4.51. The van der Waals surface area contributed by atoms with Crippen molar-refractivity contribution in [2.45, 2.75) is 51.0 Å². The van der Waals surface area contributed by atoms with E-state index in [1.807, 2.05) is 0 Å². The summed E-state index contributed by atoms with van der Waals surface area (Å²) in [6, 6.07) is 0. The summed E-state index contributed by atoms with van der Waals surface area (Å²) < 4.78 is 5.93. The molecule has 0 unspecified atom stereocenters. The van der Waals surface area contributed by atoms with E-state index in [4.69, 9.17) is 4.74 Å². The van der Waals surface area contributed by atoms with Crippen LogP contribution in [0.2, 0.25) is 0 Å². The van der Waals surface area contributed by atoms with Gasteiger partial charge in [-0.3, -0.25) is 0 Å². The first-order valence-electron chi connectivity index (χ1n) is 5.69. The van der Waals surface area contributed by atoms with Gasteiger partial charge >= 0.3 is 0 Å². The average molecular weight is 178 g/mol. The molecule has 1 aliphatic heterocycles. The minimum atomic E-state index is 0.432. The highest BCUT2D eigenvalue weighted by Gasteiger charge is 2.55. The maximum atomic E-state index is 5.93. The molecule has 1 heteroatoms. The molecule has 2 aliphatic carbocycles. The van der Waals surface area contributed by atoms with Gasteiger partial charge in [0.2, 0.25) is 0 Å². The number of ether oxygens (including phenoxy) is 1. The lowest BCUT2D eigenvalue weighted by atomic mass is 9.60. The topological polar surface area (TPSA) is 9.23 Å². The van der Waals surface area contributed by atoms with E-state index < -0.39 is 0 Å². The maximum Gasteiger partial charge on any atom is 0.102 e. The molecule has 0 aromatic heterocycles. The first-order valence-corrected chi connectivity index (χ1v) is 5.69. The minimum absolute atomic E-state index is 0.432. The van der Waals surface area contributed by atoms with Crippen molar-refractivity contribution in [3.05, 3.63) is 12.3 Å². The fourth-order valence-electron chi connectivity index (χ4n) is 3.87. The monoisotopic (exact) mass is 178 g/mol. The Bertz CT molecular complexity index is 242. The molecular weight excluding hydrogens is 160 g/mol. The van der Waals surface area contributed by atoms with Gasteiger partial charge in [-0.15, -0.1) is 0 Å². The van der Waals surface area contributed by atoms with Crippen LogP contribution in [0, 0.1) is 11.3 Å². The smallest absolute Gasteiger partial charge is 0.102 e. The second-order valence-corrected chi connectivity index (χ2v) is 4.98. The molecule has 1 saturated heterocycles. The molecule has 0 radical (unpaired) electrons. The Morgan fingerprint density at radius 1 is 1.15 bits per heavy atom. The Balaban J connectivity index is 2.00. The van der Waals surface area contributed by atoms with Crippen LogP contribution in [0.1, 0.15) is 44.9 Å². The third-order valence-corrected chi connectivity index (χ3v) is 4.51. The van der Waals surface area contributed by atoms with Crippen molar-refractivity contribution >= 4 is 0 Å². The van der Waals surface area contributed by atoms with Gasteiger partial charge in [-0.05, 0) is 32.1 Å². The van der Waals surface area contributed by atoms with Crippen LogP contribution >= 0.6 is 0 Å². The molecule has 3 atom stereocenters. The van der Waals surface area contributed by atoms with Gasteiger partial charge in [-0.2, -0.15) is 0 Å². The molecule has 0 N–H and O–H groups in total. The summed E-state index contributed by atoms with van der Waals surface area (Å²) >= 11 is 0. The van der Waals surface area contributed by atoms with Crippen LogP contribution in [0.15, 0.2) is 12.3 Å². The number of hydrogen-bond acceptors (Lipinski definition) is 1. The highest BCUT2D eigenvalue weighted by atomic mass is 16.5. The van der Waals surface area contributed by atoms with Gasteiger partial charge < -0.3 is 4.74 Å². The summed E-state index contributed by atoms with van der Waals surface area (Å²) in [4.78, 5) is 0. The highest BCUT2D eigenvalue weighted by molar-refractivity contribution is 5.17. The van der Waals surface area contributed by atoms with Crippen LogP contribution in [-0.4, -0.2) is 6.10 Å². The summed E-state index contributed by atoms with van der Waals surface area (Å²) in [5, 5.41) is 0. The molecule has 0 aromatic rings. The summed E-state index contributed by atoms with van der Waals surface area (Å²) in [7, 11) is 0. The predicted octanol–water partition coefficient (Wildman–Crippen LogP) is 3.26. The number of hydrogen-bond donors (Lipinski definition) is 0. The van der Waals surface area contributed by atoms with Crippen LogP contribution in [0.5, 0.6) is 0 Å². The average Bonchev–Trinajstić information content (AvgIpc) is 2.33. The Hall–Kier alpha value is -0.460. The van der Waals surface area contributed by atoms with Crippen molar-refractivity contribution in [3.63, 3.8) is 0 Å². The number of rotatable bonds is 0. The molecule has 2 bridgehead atoms. The summed E-state index contributed by atoms with van der Waals surface area (Å²) in [5.74, 6) is 1.97. The first kappa shape index (κ1) is 7.90.